The molecule has 1 aliphatic carbocycles. The summed E-state index contributed by atoms with van der Waals surface area (Å²) >= 11 is 0. The molecule has 0 spiro atoms. The zero-order chi connectivity index (χ0) is 15.1. The monoisotopic (exact) mass is 271 g/mol. The average Bonchev–Trinajstić information content (AvgIpc) is 2.48. The van der Waals surface area contributed by atoms with Gasteiger partial charge >= 0.3 is 0 Å². The summed E-state index contributed by atoms with van der Waals surface area (Å²) in [5, 5.41) is 3.75. The van der Waals surface area contributed by atoms with Crippen LogP contribution < -0.4 is 5.32 Å². The molecule has 1 fully saturated rings. The molecule has 1 unspecified atom stereocenters. The van der Waals surface area contributed by atoms with Crippen LogP contribution in [0.25, 0.3) is 0 Å². The van der Waals surface area contributed by atoms with Crippen molar-refractivity contribution < 1.29 is 0 Å². The van der Waals surface area contributed by atoms with E-state index in [9.17, 15) is 0 Å². The summed E-state index contributed by atoms with van der Waals surface area (Å²) in [7, 11) is 0. The van der Waals surface area contributed by atoms with Gasteiger partial charge < -0.3 is 5.32 Å². The molecule has 0 aromatic carbocycles. The summed E-state index contributed by atoms with van der Waals surface area (Å²) in [5.74, 6) is 1.84. The first-order valence-electron chi connectivity index (χ1n) is 8.95. The summed E-state index contributed by atoms with van der Waals surface area (Å²) in [6, 6.07) is 0.824. The molecule has 0 aromatic heterocycles. The minimum absolute atomic E-state index is 0.824. The zero-order valence-corrected chi connectivity index (χ0v) is 14.9. The molecular formula is C18H41N. The van der Waals surface area contributed by atoms with E-state index in [2.05, 4.69) is 26.1 Å². The van der Waals surface area contributed by atoms with Gasteiger partial charge in [0.25, 0.3) is 0 Å². The largest absolute Gasteiger partial charge is 0.314 e. The highest BCUT2D eigenvalue weighted by molar-refractivity contribution is 4.75. The van der Waals surface area contributed by atoms with E-state index in [4.69, 9.17) is 0 Å². The molecule has 1 saturated carbocycles. The number of hydrogen-bond acceptors (Lipinski definition) is 1. The Bertz CT molecular complexity index is 148. The summed E-state index contributed by atoms with van der Waals surface area (Å²) in [6.07, 6.45) is 9.80. The van der Waals surface area contributed by atoms with Crippen molar-refractivity contribution in [3.63, 3.8) is 0 Å². The maximum absolute atomic E-state index is 3.75. The Morgan fingerprint density at radius 3 is 2.00 bits per heavy atom. The Morgan fingerprint density at radius 1 is 1.00 bits per heavy atom. The average molecular weight is 272 g/mol. The molecule has 0 saturated heterocycles. The van der Waals surface area contributed by atoms with Gasteiger partial charge in [-0.05, 0) is 50.5 Å². The van der Waals surface area contributed by atoms with Crippen molar-refractivity contribution in [2.45, 2.75) is 99.5 Å². The van der Waals surface area contributed by atoms with Gasteiger partial charge in [0.2, 0.25) is 0 Å². The highest BCUT2D eigenvalue weighted by Gasteiger charge is 2.17. The van der Waals surface area contributed by atoms with Crippen LogP contribution in [0.4, 0.5) is 0 Å². The van der Waals surface area contributed by atoms with Gasteiger partial charge in [0, 0.05) is 6.04 Å². The topological polar surface area (TPSA) is 12.0 Å². The van der Waals surface area contributed by atoms with Gasteiger partial charge in [0.05, 0.1) is 0 Å². The van der Waals surface area contributed by atoms with Crippen molar-refractivity contribution in [1.29, 1.82) is 0 Å². The van der Waals surface area contributed by atoms with Gasteiger partial charge in [-0.25, -0.2) is 0 Å². The van der Waals surface area contributed by atoms with Gasteiger partial charge in [-0.3, -0.25) is 0 Å². The highest BCUT2D eigenvalue weighted by atomic mass is 14.9. The van der Waals surface area contributed by atoms with E-state index in [0.717, 1.165) is 17.9 Å². The molecule has 0 bridgehead atoms. The van der Waals surface area contributed by atoms with Crippen molar-refractivity contribution in [3.8, 4) is 0 Å². The normalized spacial score (nSPS) is 23.5. The Morgan fingerprint density at radius 2 is 1.53 bits per heavy atom. The predicted octanol–water partition coefficient (Wildman–Crippen LogP) is 6.03. The minimum Gasteiger partial charge on any atom is -0.314 e. The fourth-order valence-corrected chi connectivity index (χ4v) is 2.49. The first-order valence-corrected chi connectivity index (χ1v) is 8.95. The van der Waals surface area contributed by atoms with Crippen LogP contribution in [0.15, 0.2) is 0 Å². The van der Waals surface area contributed by atoms with Crippen LogP contribution in [0.5, 0.6) is 0 Å². The first-order chi connectivity index (χ1) is 9.22. The lowest BCUT2D eigenvalue weighted by Gasteiger charge is -2.28. The lowest BCUT2D eigenvalue weighted by atomic mass is 9.87. The second-order valence-corrected chi connectivity index (χ2v) is 5.61. The Kier molecular flexibility index (Phi) is 17.9. The SMILES string of the molecule is CC.CC.CCCCC(C)CNC1CCC(C)CC1. The lowest BCUT2D eigenvalue weighted by Crippen LogP contribution is -2.35. The number of hydrogen-bond donors (Lipinski definition) is 1. The summed E-state index contributed by atoms with van der Waals surface area (Å²) in [5.41, 5.74) is 0. The van der Waals surface area contributed by atoms with Crippen LogP contribution in [-0.4, -0.2) is 12.6 Å². The fraction of sp³-hybridized carbons (Fsp3) is 1.00. The summed E-state index contributed by atoms with van der Waals surface area (Å²) in [4.78, 5) is 0. The highest BCUT2D eigenvalue weighted by Crippen LogP contribution is 2.23. The van der Waals surface area contributed by atoms with Crippen molar-refractivity contribution in [3.05, 3.63) is 0 Å². The molecule has 0 heterocycles. The predicted molar refractivity (Wildman–Crippen MR) is 90.8 cm³/mol. The van der Waals surface area contributed by atoms with Crippen molar-refractivity contribution >= 4 is 0 Å². The third kappa shape index (κ3) is 12.7. The molecular weight excluding hydrogens is 230 g/mol. The van der Waals surface area contributed by atoms with E-state index in [-0.39, 0.29) is 0 Å². The number of nitrogens with one attached hydrogen (secondary N) is 1. The molecule has 0 amide bonds. The Labute approximate surface area is 123 Å². The fourth-order valence-electron chi connectivity index (χ4n) is 2.49. The van der Waals surface area contributed by atoms with Gasteiger partial charge in [-0.15, -0.1) is 0 Å². The van der Waals surface area contributed by atoms with Crippen molar-refractivity contribution in [1.82, 2.24) is 5.32 Å². The van der Waals surface area contributed by atoms with Crippen molar-refractivity contribution in [2.24, 2.45) is 11.8 Å². The Balaban J connectivity index is 0. The molecule has 0 aliphatic heterocycles. The maximum atomic E-state index is 3.75. The third-order valence-corrected chi connectivity index (χ3v) is 3.82. The molecule has 0 radical (unpaired) electrons. The van der Waals surface area contributed by atoms with Crippen molar-refractivity contribution in [2.75, 3.05) is 6.54 Å². The molecule has 1 nitrogen and oxygen atoms in total. The third-order valence-electron chi connectivity index (χ3n) is 3.82. The quantitative estimate of drug-likeness (QED) is 0.621. The van der Waals surface area contributed by atoms with Crippen LogP contribution in [0.1, 0.15) is 93.4 Å². The Hall–Kier alpha value is -0.0400. The summed E-state index contributed by atoms with van der Waals surface area (Å²) in [6.45, 7) is 16.3. The maximum Gasteiger partial charge on any atom is 0.00673 e. The molecule has 0 aromatic rings. The van der Waals surface area contributed by atoms with Crippen LogP contribution in [-0.2, 0) is 0 Å². The van der Waals surface area contributed by atoms with E-state index < -0.39 is 0 Å². The van der Waals surface area contributed by atoms with Crippen LogP contribution in [0.3, 0.4) is 0 Å². The molecule has 1 atom stereocenters. The second kappa shape index (κ2) is 16.0. The van der Waals surface area contributed by atoms with E-state index in [0.29, 0.717) is 0 Å². The smallest absolute Gasteiger partial charge is 0.00673 e. The molecule has 1 heteroatoms. The molecule has 1 N–H and O–H groups in total. The first kappa shape index (κ1) is 21.3. The molecule has 118 valence electrons. The zero-order valence-electron chi connectivity index (χ0n) is 14.9. The lowest BCUT2D eigenvalue weighted by molar-refractivity contribution is 0.294. The van der Waals surface area contributed by atoms with Gasteiger partial charge in [0.15, 0.2) is 0 Å². The molecule has 1 rings (SSSR count). The van der Waals surface area contributed by atoms with E-state index in [1.807, 2.05) is 27.7 Å². The van der Waals surface area contributed by atoms with E-state index >= 15 is 0 Å². The van der Waals surface area contributed by atoms with E-state index in [1.54, 1.807) is 0 Å². The van der Waals surface area contributed by atoms with Gasteiger partial charge in [0.1, 0.15) is 0 Å². The standard InChI is InChI=1S/C14H29N.2C2H6/c1-4-5-6-13(3)11-15-14-9-7-12(2)8-10-14;2*1-2/h12-15H,4-11H2,1-3H3;2*1-2H3. The van der Waals surface area contributed by atoms with Crippen LogP contribution in [0, 0.1) is 11.8 Å². The molecule has 19 heavy (non-hydrogen) atoms. The number of unbranched alkanes of at least 4 members (excludes halogenated alkanes) is 1. The molecule has 1 aliphatic rings. The number of rotatable bonds is 6. The van der Waals surface area contributed by atoms with Gasteiger partial charge in [-0.2, -0.15) is 0 Å². The minimum atomic E-state index is 0.824. The summed E-state index contributed by atoms with van der Waals surface area (Å²) < 4.78 is 0. The van der Waals surface area contributed by atoms with Crippen LogP contribution in [0.2, 0.25) is 0 Å². The van der Waals surface area contributed by atoms with E-state index in [1.165, 1.54) is 51.5 Å². The van der Waals surface area contributed by atoms with Crippen LogP contribution >= 0.6 is 0 Å². The second-order valence-electron chi connectivity index (χ2n) is 5.61. The van der Waals surface area contributed by atoms with Gasteiger partial charge in [-0.1, -0.05) is 61.3 Å².